The maximum atomic E-state index is 13.5. The summed E-state index contributed by atoms with van der Waals surface area (Å²) < 4.78 is 33.8. The van der Waals surface area contributed by atoms with Crippen molar-refractivity contribution in [3.8, 4) is 5.75 Å². The van der Waals surface area contributed by atoms with Gasteiger partial charge in [-0.1, -0.05) is 24.3 Å². The number of amides is 1. The van der Waals surface area contributed by atoms with Gasteiger partial charge in [0.1, 0.15) is 12.3 Å². The molecule has 0 unspecified atom stereocenters. The normalized spacial score (nSPS) is 13.3. The van der Waals surface area contributed by atoms with Crippen LogP contribution in [0.3, 0.4) is 0 Å². The Morgan fingerprint density at radius 1 is 1.18 bits per heavy atom. The van der Waals surface area contributed by atoms with Crippen molar-refractivity contribution in [3.05, 3.63) is 76.6 Å². The minimum atomic E-state index is -3.86. The van der Waals surface area contributed by atoms with Gasteiger partial charge in [0.15, 0.2) is 0 Å². The van der Waals surface area contributed by atoms with Crippen LogP contribution in [-0.4, -0.2) is 43.6 Å². The molecule has 33 heavy (non-hydrogen) atoms. The lowest BCUT2D eigenvalue weighted by Gasteiger charge is -2.16. The number of ether oxygens (including phenoxy) is 1. The Hall–Kier alpha value is -3.59. The van der Waals surface area contributed by atoms with Crippen LogP contribution in [0.2, 0.25) is 0 Å². The van der Waals surface area contributed by atoms with Crippen molar-refractivity contribution in [2.45, 2.75) is 36.1 Å². The Balaban J connectivity index is 1.83. The second-order valence-electron chi connectivity index (χ2n) is 7.84. The average molecular weight is 469 g/mol. The number of nitrogens with one attached hydrogen (secondary N) is 1. The number of hydrogen-bond acceptors (Lipinski definition) is 5. The zero-order chi connectivity index (χ0) is 23.8. The summed E-state index contributed by atoms with van der Waals surface area (Å²) in [4.78, 5) is 24.4. The van der Waals surface area contributed by atoms with E-state index in [1.807, 2.05) is 0 Å². The van der Waals surface area contributed by atoms with Crippen molar-refractivity contribution in [1.29, 1.82) is 0 Å². The summed E-state index contributed by atoms with van der Waals surface area (Å²) in [7, 11) is -2.39. The molecular formula is C24H24N2O6S. The molecule has 2 aromatic carbocycles. The van der Waals surface area contributed by atoms with E-state index in [9.17, 15) is 23.1 Å². The third kappa shape index (κ3) is 4.11. The SMILES string of the molecule is COc1cccc(S(=O)(=O)c2ccccc2Cc2c3c(n(CC(=O)O)c2C)CCNC3=O)c1. The Labute approximate surface area is 191 Å². The fourth-order valence-electron chi connectivity index (χ4n) is 4.33. The van der Waals surface area contributed by atoms with Crippen LogP contribution in [0.5, 0.6) is 5.75 Å². The Bertz CT molecular complexity index is 1360. The first kappa shape index (κ1) is 22.6. The lowest BCUT2D eigenvalue weighted by atomic mass is 9.97. The number of aliphatic carboxylic acids is 1. The van der Waals surface area contributed by atoms with Crippen molar-refractivity contribution in [1.82, 2.24) is 9.88 Å². The number of carbonyl (C=O) groups excluding carboxylic acids is 1. The van der Waals surface area contributed by atoms with Crippen LogP contribution in [0.15, 0.2) is 58.3 Å². The minimum Gasteiger partial charge on any atom is -0.497 e. The number of hydrogen-bond donors (Lipinski definition) is 2. The Morgan fingerprint density at radius 3 is 2.67 bits per heavy atom. The first-order chi connectivity index (χ1) is 15.7. The summed E-state index contributed by atoms with van der Waals surface area (Å²) in [5.74, 6) is -0.845. The zero-order valence-corrected chi connectivity index (χ0v) is 19.1. The van der Waals surface area contributed by atoms with E-state index >= 15 is 0 Å². The molecule has 2 heterocycles. The molecule has 4 rings (SSSR count). The lowest BCUT2D eigenvalue weighted by molar-refractivity contribution is -0.137. The number of carboxylic acids is 1. The third-order valence-corrected chi connectivity index (χ3v) is 7.76. The number of rotatable bonds is 7. The van der Waals surface area contributed by atoms with Gasteiger partial charge in [-0.3, -0.25) is 9.59 Å². The summed E-state index contributed by atoms with van der Waals surface area (Å²) in [6.07, 6.45) is 0.687. The van der Waals surface area contributed by atoms with Crippen molar-refractivity contribution in [2.75, 3.05) is 13.7 Å². The molecule has 1 amide bonds. The number of fused-ring (bicyclic) bond motifs is 1. The van der Waals surface area contributed by atoms with E-state index in [1.165, 1.54) is 19.2 Å². The van der Waals surface area contributed by atoms with Gasteiger partial charge >= 0.3 is 5.97 Å². The summed E-state index contributed by atoms with van der Waals surface area (Å²) in [6.45, 7) is 1.93. The molecular weight excluding hydrogens is 444 g/mol. The topological polar surface area (TPSA) is 115 Å². The van der Waals surface area contributed by atoms with Crippen molar-refractivity contribution in [3.63, 3.8) is 0 Å². The maximum Gasteiger partial charge on any atom is 0.323 e. The van der Waals surface area contributed by atoms with Crippen LogP contribution < -0.4 is 10.1 Å². The number of nitrogens with zero attached hydrogens (tertiary/aromatic N) is 1. The summed E-state index contributed by atoms with van der Waals surface area (Å²) in [6, 6.07) is 12.9. The predicted molar refractivity (Wildman–Crippen MR) is 121 cm³/mol. The second kappa shape index (κ2) is 8.74. The summed E-state index contributed by atoms with van der Waals surface area (Å²) in [5.41, 5.74) is 2.91. The van der Waals surface area contributed by atoms with Crippen LogP contribution in [-0.2, 0) is 34.0 Å². The van der Waals surface area contributed by atoms with E-state index in [1.54, 1.807) is 47.9 Å². The number of carbonyl (C=O) groups is 2. The van der Waals surface area contributed by atoms with Crippen LogP contribution in [0, 0.1) is 6.92 Å². The van der Waals surface area contributed by atoms with Crippen LogP contribution in [0.4, 0.5) is 0 Å². The molecule has 172 valence electrons. The molecule has 2 N–H and O–H groups in total. The van der Waals surface area contributed by atoms with Crippen LogP contribution in [0.25, 0.3) is 0 Å². The Morgan fingerprint density at radius 2 is 1.94 bits per heavy atom. The van der Waals surface area contributed by atoms with Gasteiger partial charge in [0, 0.05) is 30.8 Å². The monoisotopic (exact) mass is 468 g/mol. The first-order valence-corrected chi connectivity index (χ1v) is 11.9. The van der Waals surface area contributed by atoms with Crippen LogP contribution in [0.1, 0.15) is 32.9 Å². The number of aromatic nitrogens is 1. The third-order valence-electron chi connectivity index (χ3n) is 5.91. The standard InChI is InChI=1S/C24H24N2O6S/c1-15-19(23-20(10-11-25-24(23)29)26(15)14-22(27)28)12-16-6-3-4-9-21(16)33(30,31)18-8-5-7-17(13-18)32-2/h3-9,13H,10-12,14H2,1-2H3,(H,25,29)(H,27,28). The van der Waals surface area contributed by atoms with Gasteiger partial charge in [-0.15, -0.1) is 0 Å². The van der Waals surface area contributed by atoms with Crippen LogP contribution >= 0.6 is 0 Å². The molecule has 0 bridgehead atoms. The first-order valence-electron chi connectivity index (χ1n) is 10.4. The molecule has 9 heteroatoms. The predicted octanol–water partition coefficient (Wildman–Crippen LogP) is 2.60. The smallest absolute Gasteiger partial charge is 0.323 e. The van der Waals surface area contributed by atoms with Gasteiger partial charge in [0.25, 0.3) is 5.91 Å². The number of benzene rings is 2. The molecule has 1 aliphatic heterocycles. The molecule has 0 spiro atoms. The van der Waals surface area contributed by atoms with E-state index < -0.39 is 15.8 Å². The zero-order valence-electron chi connectivity index (χ0n) is 18.3. The number of carboxylic acid groups (broad SMARTS) is 1. The maximum absolute atomic E-state index is 13.5. The van der Waals surface area contributed by atoms with Gasteiger partial charge in [-0.25, -0.2) is 8.42 Å². The number of sulfone groups is 1. The van der Waals surface area contributed by atoms with E-state index in [2.05, 4.69) is 5.32 Å². The van der Waals surface area contributed by atoms with E-state index in [-0.39, 0.29) is 28.7 Å². The molecule has 0 saturated heterocycles. The summed E-state index contributed by atoms with van der Waals surface area (Å²) >= 11 is 0. The van der Waals surface area contributed by atoms with Gasteiger partial charge in [-0.05, 0) is 42.3 Å². The molecule has 0 saturated carbocycles. The quantitative estimate of drug-likeness (QED) is 0.551. The fourth-order valence-corrected chi connectivity index (χ4v) is 5.86. The largest absolute Gasteiger partial charge is 0.497 e. The molecule has 0 fully saturated rings. The van der Waals surface area contributed by atoms with Gasteiger partial charge < -0.3 is 19.7 Å². The highest BCUT2D eigenvalue weighted by molar-refractivity contribution is 7.91. The molecule has 8 nitrogen and oxygen atoms in total. The van der Waals surface area contributed by atoms with Gasteiger partial charge in [-0.2, -0.15) is 0 Å². The van der Waals surface area contributed by atoms with Gasteiger partial charge in [0.05, 0.1) is 22.5 Å². The minimum absolute atomic E-state index is 0.106. The van der Waals surface area contributed by atoms with E-state index in [4.69, 9.17) is 4.74 Å². The van der Waals surface area contributed by atoms with Crippen molar-refractivity contribution >= 4 is 21.7 Å². The summed E-state index contributed by atoms with van der Waals surface area (Å²) in [5, 5.41) is 12.2. The molecule has 0 radical (unpaired) electrons. The molecule has 1 aliphatic rings. The second-order valence-corrected chi connectivity index (χ2v) is 9.76. The fraction of sp³-hybridized carbons (Fsp3) is 0.250. The molecule has 0 atom stereocenters. The highest BCUT2D eigenvalue weighted by atomic mass is 32.2. The highest BCUT2D eigenvalue weighted by Crippen LogP contribution is 2.32. The lowest BCUT2D eigenvalue weighted by Crippen LogP contribution is -2.33. The van der Waals surface area contributed by atoms with Crippen molar-refractivity contribution < 1.29 is 27.9 Å². The Kier molecular flexibility index (Phi) is 5.99. The molecule has 0 aliphatic carbocycles. The highest BCUT2D eigenvalue weighted by Gasteiger charge is 2.30. The average Bonchev–Trinajstić information content (AvgIpc) is 3.06. The van der Waals surface area contributed by atoms with Crippen molar-refractivity contribution in [2.24, 2.45) is 0 Å². The molecule has 3 aromatic rings. The van der Waals surface area contributed by atoms with E-state index in [0.29, 0.717) is 46.8 Å². The van der Waals surface area contributed by atoms with Gasteiger partial charge in [0.2, 0.25) is 9.84 Å². The number of methoxy groups -OCH3 is 1. The van der Waals surface area contributed by atoms with E-state index in [0.717, 1.165) is 0 Å². The molecule has 1 aromatic heterocycles.